The smallest absolute Gasteiger partial charge is 0.228 e. The molecule has 1 atom stereocenters. The molecule has 4 aromatic rings. The molecule has 10 heteroatoms. The Morgan fingerprint density at radius 2 is 2.09 bits per heavy atom. The molecule has 0 saturated heterocycles. The topological polar surface area (TPSA) is 121 Å². The minimum absolute atomic E-state index is 0.00357. The molecule has 1 amide bonds. The number of aromatic nitrogens is 5. The third-order valence-corrected chi connectivity index (χ3v) is 5.59. The van der Waals surface area contributed by atoms with Crippen LogP contribution in [0.25, 0.3) is 33.5 Å². The van der Waals surface area contributed by atoms with Crippen LogP contribution in [0.2, 0.25) is 0 Å². The standard InChI is InChI=1S/C22H22FN7O2/c1-24-22(32)15-9-25-20(28-21(31)11-6-7-11)18-14(15)8-16(27-18)12-4-3-5-13(17(12)23)19-26-10-30(2)29-19/h3-5,8-11,22,24,27,32H,6-7H2,1-2H3,(H,25,28,31). The van der Waals surface area contributed by atoms with Crippen LogP contribution in [0.15, 0.2) is 36.8 Å². The molecule has 3 aromatic heterocycles. The van der Waals surface area contributed by atoms with Gasteiger partial charge < -0.3 is 15.4 Å². The van der Waals surface area contributed by atoms with E-state index in [2.05, 4.69) is 30.7 Å². The van der Waals surface area contributed by atoms with Crippen molar-refractivity contribution in [1.82, 2.24) is 30.0 Å². The summed E-state index contributed by atoms with van der Waals surface area (Å²) >= 11 is 0. The first kappa shape index (κ1) is 20.3. The van der Waals surface area contributed by atoms with Gasteiger partial charge in [0.25, 0.3) is 0 Å². The van der Waals surface area contributed by atoms with Crippen molar-refractivity contribution in [3.8, 4) is 22.6 Å². The van der Waals surface area contributed by atoms with Gasteiger partial charge in [-0.3, -0.25) is 14.8 Å². The Balaban J connectivity index is 1.64. The number of amides is 1. The summed E-state index contributed by atoms with van der Waals surface area (Å²) in [7, 11) is 3.34. The largest absolute Gasteiger partial charge is 0.374 e. The second-order valence-corrected chi connectivity index (χ2v) is 7.90. The van der Waals surface area contributed by atoms with E-state index < -0.39 is 12.0 Å². The van der Waals surface area contributed by atoms with E-state index in [0.717, 1.165) is 12.8 Å². The van der Waals surface area contributed by atoms with Gasteiger partial charge in [0.2, 0.25) is 5.91 Å². The van der Waals surface area contributed by atoms with E-state index >= 15 is 4.39 Å². The number of H-pyrrole nitrogens is 1. The molecule has 9 nitrogen and oxygen atoms in total. The molecule has 4 N–H and O–H groups in total. The van der Waals surface area contributed by atoms with Crippen LogP contribution in [0.4, 0.5) is 10.2 Å². The fourth-order valence-electron chi connectivity index (χ4n) is 3.69. The third-order valence-electron chi connectivity index (χ3n) is 5.59. The van der Waals surface area contributed by atoms with Gasteiger partial charge in [-0.15, -0.1) is 0 Å². The fraction of sp³-hybridized carbons (Fsp3) is 0.273. The van der Waals surface area contributed by atoms with E-state index in [0.29, 0.717) is 33.5 Å². The van der Waals surface area contributed by atoms with Crippen molar-refractivity contribution >= 4 is 22.6 Å². The molecule has 1 fully saturated rings. The average molecular weight is 435 g/mol. The zero-order chi connectivity index (χ0) is 22.4. The van der Waals surface area contributed by atoms with Gasteiger partial charge in [-0.05, 0) is 38.1 Å². The number of halogens is 1. The monoisotopic (exact) mass is 435 g/mol. The van der Waals surface area contributed by atoms with Crippen molar-refractivity contribution in [2.24, 2.45) is 13.0 Å². The molecule has 0 spiro atoms. The maximum Gasteiger partial charge on any atom is 0.228 e. The second kappa shape index (κ2) is 7.81. The molecule has 0 radical (unpaired) electrons. The summed E-state index contributed by atoms with van der Waals surface area (Å²) in [6.07, 6.45) is 3.77. The number of rotatable bonds is 6. The second-order valence-electron chi connectivity index (χ2n) is 7.90. The first-order valence-electron chi connectivity index (χ1n) is 10.3. The van der Waals surface area contributed by atoms with Crippen LogP contribution in [0, 0.1) is 11.7 Å². The van der Waals surface area contributed by atoms with Crippen LogP contribution >= 0.6 is 0 Å². The summed E-state index contributed by atoms with van der Waals surface area (Å²) in [5.74, 6) is 0.0686. The van der Waals surface area contributed by atoms with Gasteiger partial charge in [-0.1, -0.05) is 6.07 Å². The van der Waals surface area contributed by atoms with Crippen molar-refractivity contribution in [3.63, 3.8) is 0 Å². The van der Waals surface area contributed by atoms with Gasteiger partial charge in [0.1, 0.15) is 18.4 Å². The van der Waals surface area contributed by atoms with Crippen molar-refractivity contribution in [2.75, 3.05) is 12.4 Å². The summed E-state index contributed by atoms with van der Waals surface area (Å²) in [6.45, 7) is 0. The van der Waals surface area contributed by atoms with Gasteiger partial charge in [-0.25, -0.2) is 14.4 Å². The number of aryl methyl sites for hydroxylation is 1. The number of aromatic amines is 1. The number of carbonyl (C=O) groups excluding carboxylic acids is 1. The third kappa shape index (κ3) is 3.53. The van der Waals surface area contributed by atoms with Crippen LogP contribution in [-0.2, 0) is 11.8 Å². The van der Waals surface area contributed by atoms with E-state index in [-0.39, 0.29) is 23.2 Å². The molecule has 5 rings (SSSR count). The lowest BCUT2D eigenvalue weighted by atomic mass is 10.1. The summed E-state index contributed by atoms with van der Waals surface area (Å²) in [5.41, 5.74) is 2.10. The molecular weight excluding hydrogens is 413 g/mol. The summed E-state index contributed by atoms with van der Waals surface area (Å²) < 4.78 is 17.0. The lowest BCUT2D eigenvalue weighted by molar-refractivity contribution is -0.117. The van der Waals surface area contributed by atoms with Crippen LogP contribution < -0.4 is 10.6 Å². The highest BCUT2D eigenvalue weighted by molar-refractivity contribution is 6.03. The summed E-state index contributed by atoms with van der Waals surface area (Å²) in [4.78, 5) is 24.0. The lowest BCUT2D eigenvalue weighted by Crippen LogP contribution is -2.17. The fourth-order valence-corrected chi connectivity index (χ4v) is 3.69. The van der Waals surface area contributed by atoms with Crippen molar-refractivity contribution in [2.45, 2.75) is 19.1 Å². The van der Waals surface area contributed by atoms with E-state index in [9.17, 15) is 9.90 Å². The molecule has 1 aliphatic carbocycles. The van der Waals surface area contributed by atoms with E-state index in [4.69, 9.17) is 0 Å². The highest BCUT2D eigenvalue weighted by Crippen LogP contribution is 2.36. The number of fused-ring (bicyclic) bond motifs is 1. The van der Waals surface area contributed by atoms with Crippen molar-refractivity contribution in [1.29, 1.82) is 0 Å². The number of pyridine rings is 1. The van der Waals surface area contributed by atoms with Crippen LogP contribution in [-0.4, -0.2) is 42.8 Å². The zero-order valence-electron chi connectivity index (χ0n) is 17.6. The number of nitrogens with zero attached hydrogens (tertiary/aromatic N) is 4. The quantitative estimate of drug-likeness (QED) is 0.346. The van der Waals surface area contributed by atoms with Crippen LogP contribution in [0.1, 0.15) is 24.6 Å². The van der Waals surface area contributed by atoms with E-state index in [1.165, 1.54) is 17.2 Å². The van der Waals surface area contributed by atoms with Gasteiger partial charge in [0.15, 0.2) is 11.6 Å². The SMILES string of the molecule is CNC(O)c1cnc(NC(=O)C2CC2)c2[nH]c(-c3cccc(-c4ncn(C)n4)c3F)cc12. The molecule has 1 unspecified atom stereocenters. The normalized spacial score (nSPS) is 14.6. The van der Waals surface area contributed by atoms with Gasteiger partial charge in [-0.2, -0.15) is 5.10 Å². The molecule has 0 bridgehead atoms. The minimum atomic E-state index is -0.976. The Kier molecular flexibility index (Phi) is 4.95. The number of aliphatic hydroxyl groups is 1. The zero-order valence-corrected chi connectivity index (χ0v) is 17.6. The summed E-state index contributed by atoms with van der Waals surface area (Å²) in [6, 6.07) is 6.74. The van der Waals surface area contributed by atoms with Gasteiger partial charge >= 0.3 is 0 Å². The molecule has 32 heavy (non-hydrogen) atoms. The molecule has 1 saturated carbocycles. The first-order valence-corrected chi connectivity index (χ1v) is 10.3. The minimum Gasteiger partial charge on any atom is -0.374 e. The Morgan fingerprint density at radius 3 is 2.78 bits per heavy atom. The first-order chi connectivity index (χ1) is 15.5. The Labute approximate surface area is 182 Å². The molecule has 3 heterocycles. The van der Waals surface area contributed by atoms with E-state index in [1.807, 2.05) is 0 Å². The Bertz CT molecular complexity index is 1330. The highest BCUT2D eigenvalue weighted by Gasteiger charge is 2.30. The number of hydrogen-bond acceptors (Lipinski definition) is 6. The van der Waals surface area contributed by atoms with Crippen molar-refractivity contribution < 1.29 is 14.3 Å². The molecular formula is C22H22FN7O2. The molecule has 1 aromatic carbocycles. The number of hydrogen-bond donors (Lipinski definition) is 4. The predicted molar refractivity (Wildman–Crippen MR) is 117 cm³/mol. The number of nitrogens with one attached hydrogen (secondary N) is 3. The number of carbonyl (C=O) groups is 1. The molecule has 1 aliphatic rings. The van der Waals surface area contributed by atoms with Crippen LogP contribution in [0.3, 0.4) is 0 Å². The highest BCUT2D eigenvalue weighted by atomic mass is 19.1. The number of aliphatic hydroxyl groups excluding tert-OH is 1. The number of benzene rings is 1. The molecule has 164 valence electrons. The maximum atomic E-state index is 15.5. The summed E-state index contributed by atoms with van der Waals surface area (Å²) in [5, 5.41) is 20.8. The van der Waals surface area contributed by atoms with Gasteiger partial charge in [0, 0.05) is 41.4 Å². The average Bonchev–Trinajstić information content (AvgIpc) is 3.41. The molecule has 0 aliphatic heterocycles. The Hall–Kier alpha value is -3.63. The van der Waals surface area contributed by atoms with Crippen molar-refractivity contribution in [3.05, 3.63) is 48.2 Å². The maximum absolute atomic E-state index is 15.5. The lowest BCUT2D eigenvalue weighted by Gasteiger charge is -2.12. The predicted octanol–water partition coefficient (Wildman–Crippen LogP) is 2.72. The Morgan fingerprint density at radius 1 is 1.31 bits per heavy atom. The van der Waals surface area contributed by atoms with E-state index in [1.54, 1.807) is 38.4 Å². The van der Waals surface area contributed by atoms with Crippen LogP contribution in [0.5, 0.6) is 0 Å². The number of anilines is 1. The van der Waals surface area contributed by atoms with Gasteiger partial charge in [0.05, 0.1) is 11.1 Å².